The first-order valence-electron chi connectivity index (χ1n) is 7.38. The van der Waals surface area contributed by atoms with Gasteiger partial charge in [-0.1, -0.05) is 11.6 Å². The van der Waals surface area contributed by atoms with E-state index in [1.54, 1.807) is 43.5 Å². The average Bonchev–Trinajstić information content (AvgIpc) is 3.28. The molecule has 1 amide bonds. The van der Waals surface area contributed by atoms with E-state index in [0.717, 1.165) is 0 Å². The van der Waals surface area contributed by atoms with Crippen LogP contribution in [-0.2, 0) is 0 Å². The summed E-state index contributed by atoms with van der Waals surface area (Å²) in [6.07, 6.45) is 4.88. The maximum Gasteiger partial charge on any atom is 0.281 e. The van der Waals surface area contributed by atoms with Gasteiger partial charge in [0, 0.05) is 18.1 Å². The first-order valence-corrected chi connectivity index (χ1v) is 8.57. The van der Waals surface area contributed by atoms with Crippen molar-refractivity contribution >= 4 is 46.7 Å². The summed E-state index contributed by atoms with van der Waals surface area (Å²) in [7, 11) is 1.55. The van der Waals surface area contributed by atoms with Gasteiger partial charge in [0.25, 0.3) is 11.6 Å². The number of carbonyl (C=O) groups excluding carboxylic acids is 1. The van der Waals surface area contributed by atoms with Crippen molar-refractivity contribution in [1.29, 1.82) is 0 Å². The molecule has 0 bridgehead atoms. The highest BCUT2D eigenvalue weighted by atomic mass is 35.5. The van der Waals surface area contributed by atoms with Gasteiger partial charge >= 0.3 is 0 Å². The Labute approximate surface area is 157 Å². The molecule has 3 aromatic rings. The van der Waals surface area contributed by atoms with Crippen LogP contribution in [0.15, 0.2) is 40.9 Å². The fourth-order valence-corrected chi connectivity index (χ4v) is 3.13. The third kappa shape index (κ3) is 3.81. The summed E-state index contributed by atoms with van der Waals surface area (Å²) in [6.45, 7) is 0. The highest BCUT2D eigenvalue weighted by molar-refractivity contribution is 7.14. The fraction of sp³-hybridized carbons (Fsp3) is 0.0588. The number of amides is 1. The van der Waals surface area contributed by atoms with Crippen LogP contribution in [0, 0.1) is 10.1 Å². The first kappa shape index (κ1) is 17.8. The third-order valence-corrected chi connectivity index (χ3v) is 4.61. The van der Waals surface area contributed by atoms with Crippen LogP contribution in [-0.4, -0.2) is 22.9 Å². The molecule has 3 rings (SSSR count). The summed E-state index contributed by atoms with van der Waals surface area (Å²) < 4.78 is 5.66. The van der Waals surface area contributed by atoms with Gasteiger partial charge in [-0.25, -0.2) is 4.98 Å². The van der Waals surface area contributed by atoms with E-state index in [1.165, 1.54) is 23.6 Å². The van der Waals surface area contributed by atoms with Crippen LogP contribution in [0.25, 0.3) is 23.5 Å². The summed E-state index contributed by atoms with van der Waals surface area (Å²) >= 11 is 7.07. The van der Waals surface area contributed by atoms with Crippen LogP contribution < -0.4 is 5.32 Å². The Morgan fingerprint density at radius 1 is 1.35 bits per heavy atom. The number of benzene rings is 1. The van der Waals surface area contributed by atoms with Gasteiger partial charge in [-0.05, 0) is 36.4 Å². The molecule has 26 heavy (non-hydrogen) atoms. The predicted octanol–water partition coefficient (Wildman–Crippen LogP) is 4.49. The van der Waals surface area contributed by atoms with Gasteiger partial charge in [0.05, 0.1) is 16.7 Å². The van der Waals surface area contributed by atoms with E-state index in [9.17, 15) is 14.9 Å². The molecular weight excluding hydrogens is 378 g/mol. The zero-order chi connectivity index (χ0) is 18.7. The van der Waals surface area contributed by atoms with E-state index >= 15 is 0 Å². The monoisotopic (exact) mass is 389 g/mol. The first-order chi connectivity index (χ1) is 12.5. The van der Waals surface area contributed by atoms with Gasteiger partial charge in [-0.2, -0.15) is 0 Å². The number of carbonyl (C=O) groups is 1. The Morgan fingerprint density at radius 3 is 2.88 bits per heavy atom. The topological polar surface area (TPSA) is 98.3 Å². The predicted molar refractivity (Wildman–Crippen MR) is 100 cm³/mol. The molecule has 0 saturated carbocycles. The molecule has 9 heteroatoms. The number of nitro groups is 1. The molecule has 0 radical (unpaired) electrons. The van der Waals surface area contributed by atoms with E-state index in [4.69, 9.17) is 16.0 Å². The van der Waals surface area contributed by atoms with Crippen LogP contribution in [0.3, 0.4) is 0 Å². The highest BCUT2D eigenvalue weighted by Crippen LogP contribution is 2.33. The number of halogens is 1. The zero-order valence-corrected chi connectivity index (χ0v) is 15.0. The summed E-state index contributed by atoms with van der Waals surface area (Å²) in [5.41, 5.74) is 0.215. The number of nitrogens with zero attached hydrogens (tertiary/aromatic N) is 2. The fourth-order valence-electron chi connectivity index (χ4n) is 2.20. The maximum atomic E-state index is 11.5. The lowest BCUT2D eigenvalue weighted by atomic mass is 10.1. The number of nitro benzene ring substituents is 1. The Balaban J connectivity index is 1.84. The van der Waals surface area contributed by atoms with Crippen molar-refractivity contribution in [2.75, 3.05) is 7.05 Å². The average molecular weight is 390 g/mol. The van der Waals surface area contributed by atoms with Crippen molar-refractivity contribution in [3.63, 3.8) is 0 Å². The van der Waals surface area contributed by atoms with Gasteiger partial charge in [-0.15, -0.1) is 11.3 Å². The van der Waals surface area contributed by atoms with Crippen LogP contribution in [0.2, 0.25) is 5.02 Å². The minimum atomic E-state index is -0.505. The van der Waals surface area contributed by atoms with Gasteiger partial charge < -0.3 is 9.73 Å². The molecule has 7 nitrogen and oxygen atoms in total. The van der Waals surface area contributed by atoms with Crippen LogP contribution in [0.1, 0.15) is 20.4 Å². The Hall–Kier alpha value is -2.97. The quantitative estimate of drug-likeness (QED) is 0.511. The smallest absolute Gasteiger partial charge is 0.281 e. The molecule has 0 aliphatic heterocycles. The van der Waals surface area contributed by atoms with Crippen LogP contribution >= 0.6 is 22.9 Å². The van der Waals surface area contributed by atoms with E-state index < -0.39 is 4.92 Å². The van der Waals surface area contributed by atoms with E-state index in [-0.39, 0.29) is 16.6 Å². The Kier molecular flexibility index (Phi) is 5.15. The third-order valence-electron chi connectivity index (χ3n) is 3.41. The molecule has 2 heterocycles. The lowest BCUT2D eigenvalue weighted by Crippen LogP contribution is -2.16. The SMILES string of the molecule is CNC(=O)c1cnc(/C=C/c2ccc(-c3ccc(Cl)cc3[N+](=O)[O-])o2)s1. The molecule has 1 aromatic carbocycles. The molecule has 132 valence electrons. The standard InChI is InChI=1S/C17H12ClN3O4S/c1-19-17(22)15-9-20-16(26-15)7-4-11-3-6-14(25-11)12-5-2-10(18)8-13(12)21(23)24/h2-9H,1H3,(H,19,22)/b7-4+. The summed E-state index contributed by atoms with van der Waals surface area (Å²) in [4.78, 5) is 26.9. The summed E-state index contributed by atoms with van der Waals surface area (Å²) in [5.74, 6) is 0.664. The number of nitrogens with one attached hydrogen (secondary N) is 1. The second-order valence-electron chi connectivity index (χ2n) is 5.10. The van der Waals surface area contributed by atoms with Crippen molar-refractivity contribution in [2.45, 2.75) is 0 Å². The van der Waals surface area contributed by atoms with Crippen molar-refractivity contribution in [3.8, 4) is 11.3 Å². The molecule has 0 atom stereocenters. The normalized spacial score (nSPS) is 11.0. The molecule has 0 spiro atoms. The highest BCUT2D eigenvalue weighted by Gasteiger charge is 2.18. The number of aromatic nitrogens is 1. The van der Waals surface area contributed by atoms with Gasteiger partial charge in [-0.3, -0.25) is 14.9 Å². The minimum absolute atomic E-state index is 0.127. The van der Waals surface area contributed by atoms with Crippen LogP contribution in [0.4, 0.5) is 5.69 Å². The molecule has 1 N–H and O–H groups in total. The Bertz CT molecular complexity index is 1010. The van der Waals surface area contributed by atoms with Crippen molar-refractivity contribution < 1.29 is 14.1 Å². The number of furan rings is 1. The molecule has 0 unspecified atom stereocenters. The maximum absolute atomic E-state index is 11.5. The van der Waals surface area contributed by atoms with E-state index in [0.29, 0.717) is 27.0 Å². The lowest BCUT2D eigenvalue weighted by molar-refractivity contribution is -0.384. The van der Waals surface area contributed by atoms with E-state index in [1.807, 2.05) is 0 Å². The van der Waals surface area contributed by atoms with Crippen molar-refractivity contribution in [3.05, 3.63) is 67.3 Å². The molecule has 2 aromatic heterocycles. The summed E-state index contributed by atoms with van der Waals surface area (Å²) in [5, 5.41) is 14.6. The number of thiazole rings is 1. The molecule has 0 fully saturated rings. The molecular formula is C17H12ClN3O4S. The number of hydrogen-bond acceptors (Lipinski definition) is 6. The summed E-state index contributed by atoms with van der Waals surface area (Å²) in [6, 6.07) is 7.73. The minimum Gasteiger partial charge on any atom is -0.456 e. The van der Waals surface area contributed by atoms with Gasteiger partial charge in [0.2, 0.25) is 0 Å². The molecule has 0 aliphatic carbocycles. The Morgan fingerprint density at radius 2 is 2.15 bits per heavy atom. The van der Waals surface area contributed by atoms with Gasteiger partial charge in [0.15, 0.2) is 0 Å². The van der Waals surface area contributed by atoms with Crippen molar-refractivity contribution in [1.82, 2.24) is 10.3 Å². The van der Waals surface area contributed by atoms with Gasteiger partial charge in [0.1, 0.15) is 21.4 Å². The second-order valence-corrected chi connectivity index (χ2v) is 6.59. The second kappa shape index (κ2) is 7.51. The van der Waals surface area contributed by atoms with Crippen molar-refractivity contribution in [2.24, 2.45) is 0 Å². The zero-order valence-electron chi connectivity index (χ0n) is 13.4. The number of hydrogen-bond donors (Lipinski definition) is 1. The van der Waals surface area contributed by atoms with Crippen LogP contribution in [0.5, 0.6) is 0 Å². The molecule has 0 saturated heterocycles. The largest absolute Gasteiger partial charge is 0.456 e. The lowest BCUT2D eigenvalue weighted by Gasteiger charge is -2.00. The molecule has 0 aliphatic rings. The number of rotatable bonds is 5. The van der Waals surface area contributed by atoms with E-state index in [2.05, 4.69) is 10.3 Å².